The van der Waals surface area contributed by atoms with Crippen molar-refractivity contribution in [1.82, 2.24) is 9.55 Å². The maximum absolute atomic E-state index is 13.6. The molecule has 5 heterocycles. The van der Waals surface area contributed by atoms with Gasteiger partial charge in [-0.15, -0.1) is 0 Å². The molecule has 248 valence electrons. The number of carbonyl (C=O) groups is 2. The molecule has 0 aliphatic carbocycles. The lowest BCUT2D eigenvalue weighted by Gasteiger charge is -2.32. The Labute approximate surface area is 277 Å². The smallest absolute Gasteiger partial charge is 0.458 e. The molecule has 0 saturated carbocycles. The lowest BCUT2D eigenvalue weighted by molar-refractivity contribution is -0.172. The molecule has 1 saturated heterocycles. The minimum atomic E-state index is -1.89. The fraction of sp³-hybridized carbons (Fsp3) is 0.389. The summed E-state index contributed by atoms with van der Waals surface area (Å²) in [5, 5.41) is 11.9. The van der Waals surface area contributed by atoms with Crippen LogP contribution in [-0.4, -0.2) is 45.1 Å². The normalized spacial score (nSPS) is 20.2. The Morgan fingerprint density at radius 1 is 1.00 bits per heavy atom. The first-order valence-corrected chi connectivity index (χ1v) is 16.2. The van der Waals surface area contributed by atoms with Crippen LogP contribution >= 0.6 is 0 Å². The summed E-state index contributed by atoms with van der Waals surface area (Å²) in [6, 6.07) is 14.4. The summed E-state index contributed by atoms with van der Waals surface area (Å²) in [4.78, 5) is 43.7. The highest BCUT2D eigenvalue weighted by molar-refractivity contribution is 6.62. The molecule has 0 bridgehead atoms. The second-order valence-electron chi connectivity index (χ2n) is 13.5. The third kappa shape index (κ3) is 5.01. The van der Waals surface area contributed by atoms with Gasteiger partial charge in [0.2, 0.25) is 0 Å². The number of cyclic esters (lactones) is 1. The second kappa shape index (κ2) is 11.3. The van der Waals surface area contributed by atoms with E-state index in [0.29, 0.717) is 29.1 Å². The summed E-state index contributed by atoms with van der Waals surface area (Å²) in [6.07, 6.45) is -0.152. The Balaban J connectivity index is 1.09. The van der Waals surface area contributed by atoms with Crippen molar-refractivity contribution in [2.45, 2.75) is 90.9 Å². The van der Waals surface area contributed by atoms with Crippen molar-refractivity contribution >= 4 is 35.6 Å². The first kappa shape index (κ1) is 32.1. The lowest BCUT2D eigenvalue weighted by atomic mass is 9.79. The van der Waals surface area contributed by atoms with Crippen LogP contribution < -0.4 is 15.8 Å². The molecule has 0 radical (unpaired) electrons. The average Bonchev–Trinajstić information content (AvgIpc) is 3.53. The van der Waals surface area contributed by atoms with Crippen LogP contribution in [0.15, 0.2) is 53.3 Å². The number of ether oxygens (including phenoxy) is 3. The molecule has 0 amide bonds. The summed E-state index contributed by atoms with van der Waals surface area (Å²) in [6.45, 7) is 11.8. The number of aromatic nitrogens is 2. The summed E-state index contributed by atoms with van der Waals surface area (Å²) in [7, 11) is -0.478. The van der Waals surface area contributed by atoms with Crippen molar-refractivity contribution in [2.75, 3.05) is 0 Å². The number of aliphatic hydroxyl groups is 1. The first-order valence-electron chi connectivity index (χ1n) is 16.2. The number of hydrogen-bond donors (Lipinski definition) is 1. The van der Waals surface area contributed by atoms with Crippen molar-refractivity contribution in [3.05, 3.63) is 86.7 Å². The maximum atomic E-state index is 13.6. The van der Waals surface area contributed by atoms with Gasteiger partial charge in [0.25, 0.3) is 5.56 Å². The third-order valence-corrected chi connectivity index (χ3v) is 10.2. The van der Waals surface area contributed by atoms with Crippen molar-refractivity contribution in [1.29, 1.82) is 0 Å². The average molecular weight is 653 g/mol. The molecule has 11 nitrogen and oxygen atoms in total. The van der Waals surface area contributed by atoms with E-state index < -0.39 is 36.0 Å². The van der Waals surface area contributed by atoms with E-state index in [-0.39, 0.29) is 42.9 Å². The lowest BCUT2D eigenvalue weighted by Crippen LogP contribution is -2.44. The molecular weight excluding hydrogens is 615 g/mol. The fourth-order valence-electron chi connectivity index (χ4n) is 6.63. The van der Waals surface area contributed by atoms with Crippen LogP contribution in [0.3, 0.4) is 0 Å². The van der Waals surface area contributed by atoms with Crippen LogP contribution in [0.5, 0.6) is 5.75 Å². The number of carbonyl (C=O) groups excluding carboxylic acids is 2. The predicted molar refractivity (Wildman–Crippen MR) is 177 cm³/mol. The summed E-state index contributed by atoms with van der Waals surface area (Å²) >= 11 is 0. The maximum Gasteiger partial charge on any atom is 0.514 e. The first-order chi connectivity index (χ1) is 22.8. The van der Waals surface area contributed by atoms with Gasteiger partial charge in [-0.1, -0.05) is 38.1 Å². The van der Waals surface area contributed by atoms with Gasteiger partial charge in [0.1, 0.15) is 19.0 Å². The molecule has 0 unspecified atom stereocenters. The largest absolute Gasteiger partial charge is 0.514 e. The van der Waals surface area contributed by atoms with Gasteiger partial charge in [0, 0.05) is 16.5 Å². The third-order valence-electron chi connectivity index (χ3n) is 10.2. The van der Waals surface area contributed by atoms with Gasteiger partial charge in [-0.25, -0.2) is 14.6 Å². The van der Waals surface area contributed by atoms with Crippen LogP contribution in [0, 0.1) is 0 Å². The SMILES string of the molecule is CCc1c2c(nc3ccc(OC(=O)OCc4ccc(B5OC(C)(C)C(C)(C)O5)cc4)cc13)-c1cc3c(c(=O)n1C2)COC(=O)[C@]3(O)CC. The number of nitrogens with zero attached hydrogens (tertiary/aromatic N) is 2. The highest BCUT2D eigenvalue weighted by Crippen LogP contribution is 2.41. The molecule has 4 aromatic rings. The number of aryl methyl sites for hydroxylation is 1. The van der Waals surface area contributed by atoms with Crippen LogP contribution in [-0.2, 0) is 55.4 Å². The Morgan fingerprint density at radius 2 is 1.71 bits per heavy atom. The number of pyridine rings is 2. The Kier molecular flexibility index (Phi) is 7.54. The highest BCUT2D eigenvalue weighted by Gasteiger charge is 2.51. The Morgan fingerprint density at radius 3 is 2.38 bits per heavy atom. The van der Waals surface area contributed by atoms with E-state index in [2.05, 4.69) is 0 Å². The Bertz CT molecular complexity index is 2040. The zero-order valence-electron chi connectivity index (χ0n) is 27.8. The topological polar surface area (TPSA) is 135 Å². The van der Waals surface area contributed by atoms with Crippen LogP contribution in [0.1, 0.15) is 75.8 Å². The van der Waals surface area contributed by atoms with Crippen molar-refractivity contribution < 1.29 is 38.2 Å². The van der Waals surface area contributed by atoms with E-state index in [1.165, 1.54) is 0 Å². The fourth-order valence-corrected chi connectivity index (χ4v) is 6.63. The molecule has 12 heteroatoms. The standard InChI is InChI=1S/C36H37BN2O9/c1-7-23-24-15-22(46-33(42)45-18-20-9-11-21(12-10-20)37-47-34(3,4)35(5,6)48-37)13-14-28(24)38-30-25(23)17-39-29(30)16-27-26(31(39)40)19-44-32(41)36(27,43)8-2/h9-16,43H,7-8,17-19H2,1-6H3/t36-/m0/s1. The van der Waals surface area contributed by atoms with Gasteiger partial charge in [0.05, 0.1) is 40.2 Å². The summed E-state index contributed by atoms with van der Waals surface area (Å²) in [5.41, 5.74) is 2.74. The highest BCUT2D eigenvalue weighted by atomic mass is 16.7. The molecular formula is C36H37BN2O9. The van der Waals surface area contributed by atoms with Crippen molar-refractivity contribution in [2.24, 2.45) is 0 Å². The van der Waals surface area contributed by atoms with E-state index in [9.17, 15) is 19.5 Å². The zero-order valence-corrected chi connectivity index (χ0v) is 27.8. The molecule has 1 atom stereocenters. The second-order valence-corrected chi connectivity index (χ2v) is 13.5. The van der Waals surface area contributed by atoms with E-state index in [0.717, 1.165) is 27.5 Å². The van der Waals surface area contributed by atoms with Gasteiger partial charge in [-0.05, 0) is 81.4 Å². The van der Waals surface area contributed by atoms with Crippen LogP contribution in [0.25, 0.3) is 22.3 Å². The summed E-state index contributed by atoms with van der Waals surface area (Å²) in [5.74, 6) is -0.463. The molecule has 7 rings (SSSR count). The van der Waals surface area contributed by atoms with Gasteiger partial charge >= 0.3 is 19.2 Å². The van der Waals surface area contributed by atoms with Crippen molar-refractivity contribution in [3.63, 3.8) is 0 Å². The van der Waals surface area contributed by atoms with E-state index in [4.69, 9.17) is 28.5 Å². The summed E-state index contributed by atoms with van der Waals surface area (Å²) < 4.78 is 30.0. The molecule has 0 spiro atoms. The molecule has 48 heavy (non-hydrogen) atoms. The van der Waals surface area contributed by atoms with E-state index in [1.807, 2.05) is 58.9 Å². The van der Waals surface area contributed by atoms with Crippen molar-refractivity contribution in [3.8, 4) is 17.1 Å². The number of benzene rings is 2. The number of esters is 1. The number of hydrogen-bond acceptors (Lipinski definition) is 10. The minimum absolute atomic E-state index is 0.0200. The monoisotopic (exact) mass is 652 g/mol. The zero-order chi connectivity index (χ0) is 34.2. The van der Waals surface area contributed by atoms with Crippen LogP contribution in [0.4, 0.5) is 4.79 Å². The molecule has 3 aliphatic rings. The molecule has 3 aliphatic heterocycles. The number of rotatable bonds is 6. The van der Waals surface area contributed by atoms with E-state index >= 15 is 0 Å². The van der Waals surface area contributed by atoms with Gasteiger partial charge in [0.15, 0.2) is 5.60 Å². The van der Waals surface area contributed by atoms with Gasteiger partial charge in [-0.2, -0.15) is 0 Å². The van der Waals surface area contributed by atoms with Gasteiger partial charge < -0.3 is 33.2 Å². The van der Waals surface area contributed by atoms with E-state index in [1.54, 1.807) is 35.8 Å². The molecule has 1 N–H and O–H groups in total. The number of fused-ring (bicyclic) bond motifs is 5. The minimum Gasteiger partial charge on any atom is -0.458 e. The molecule has 2 aromatic heterocycles. The Hall–Kier alpha value is -4.52. The quantitative estimate of drug-likeness (QED) is 0.157. The van der Waals surface area contributed by atoms with Crippen LogP contribution in [0.2, 0.25) is 0 Å². The predicted octanol–water partition coefficient (Wildman–Crippen LogP) is 4.66. The molecule has 1 fully saturated rings. The van der Waals surface area contributed by atoms with Gasteiger partial charge in [-0.3, -0.25) is 4.79 Å². The molecule has 2 aromatic carbocycles.